The van der Waals surface area contributed by atoms with E-state index in [1.165, 1.54) is 35.4 Å². The second kappa shape index (κ2) is 8.70. The van der Waals surface area contributed by atoms with Crippen LogP contribution in [0.4, 0.5) is 10.3 Å². The average molecular weight is 437 g/mol. The first kappa shape index (κ1) is 21.6. The first-order chi connectivity index (χ1) is 14.3. The van der Waals surface area contributed by atoms with Crippen LogP contribution in [0.3, 0.4) is 0 Å². The molecule has 0 bridgehead atoms. The molecule has 1 amide bonds. The predicted molar refractivity (Wildman–Crippen MR) is 113 cm³/mol. The van der Waals surface area contributed by atoms with E-state index in [1.807, 2.05) is 0 Å². The Kier molecular flexibility index (Phi) is 6.25. The molecular weight excluding hydrogens is 415 g/mol. The van der Waals surface area contributed by atoms with Gasteiger partial charge in [0.05, 0.1) is 6.54 Å². The third kappa shape index (κ3) is 3.95. The Morgan fingerprint density at radius 1 is 1.20 bits per heavy atom. The molecule has 2 heterocycles. The van der Waals surface area contributed by atoms with E-state index in [2.05, 4.69) is 15.6 Å². The fourth-order valence-corrected chi connectivity index (χ4v) is 3.30. The van der Waals surface area contributed by atoms with Gasteiger partial charge in [-0.15, -0.1) is 0 Å². The van der Waals surface area contributed by atoms with Crippen molar-refractivity contribution in [2.24, 2.45) is 14.1 Å². The van der Waals surface area contributed by atoms with Gasteiger partial charge < -0.3 is 10.6 Å². The molecule has 0 aliphatic heterocycles. The lowest BCUT2D eigenvalue weighted by atomic mass is 10.2. The number of nitrogens with zero attached hydrogens (tertiary/aromatic N) is 4. The van der Waals surface area contributed by atoms with Crippen LogP contribution in [0.1, 0.15) is 18.9 Å². The van der Waals surface area contributed by atoms with E-state index in [9.17, 15) is 18.8 Å². The number of rotatable bonds is 7. The van der Waals surface area contributed by atoms with Crippen LogP contribution in [0.25, 0.3) is 11.2 Å². The van der Waals surface area contributed by atoms with Gasteiger partial charge in [-0.3, -0.25) is 23.3 Å². The number of halogens is 2. The van der Waals surface area contributed by atoms with E-state index in [1.54, 1.807) is 13.0 Å². The van der Waals surface area contributed by atoms with Gasteiger partial charge in [-0.2, -0.15) is 4.98 Å². The van der Waals surface area contributed by atoms with Gasteiger partial charge in [-0.25, -0.2) is 9.18 Å². The quantitative estimate of drug-likeness (QED) is 0.542. The van der Waals surface area contributed by atoms with Crippen LogP contribution < -0.4 is 21.9 Å². The van der Waals surface area contributed by atoms with Crippen molar-refractivity contribution in [2.75, 3.05) is 18.4 Å². The van der Waals surface area contributed by atoms with E-state index in [4.69, 9.17) is 11.6 Å². The summed E-state index contributed by atoms with van der Waals surface area (Å²) in [4.78, 5) is 40.9. The second-order valence-corrected chi connectivity index (χ2v) is 7.14. The van der Waals surface area contributed by atoms with Crippen LogP contribution in [0.2, 0.25) is 5.02 Å². The number of fused-ring (bicyclic) bond motifs is 1. The Balaban J connectivity index is 2.10. The van der Waals surface area contributed by atoms with Crippen LogP contribution in [-0.4, -0.2) is 37.7 Å². The molecule has 0 saturated carbocycles. The lowest BCUT2D eigenvalue weighted by Crippen LogP contribution is -2.37. The molecule has 0 fully saturated rings. The first-order valence-electron chi connectivity index (χ1n) is 9.36. The maximum atomic E-state index is 14.4. The van der Waals surface area contributed by atoms with Gasteiger partial charge in [0.2, 0.25) is 11.9 Å². The minimum Gasteiger partial charge on any atom is -0.354 e. The lowest BCUT2D eigenvalue weighted by molar-refractivity contribution is -0.120. The molecule has 9 nitrogen and oxygen atoms in total. The third-order valence-electron chi connectivity index (χ3n) is 4.78. The van der Waals surface area contributed by atoms with Crippen molar-refractivity contribution in [3.8, 4) is 0 Å². The van der Waals surface area contributed by atoms with Crippen molar-refractivity contribution in [1.82, 2.24) is 24.0 Å². The zero-order valence-electron chi connectivity index (χ0n) is 16.8. The standard InChI is InChI=1S/C19H22ClFN6O3/c1-4-14(28)22-8-9-23-18-24-16-15(17(29)26(3)19(30)25(16)2)27(18)10-11-12(20)6-5-7-13(11)21/h5-7H,4,8-10H2,1-3H3,(H,22,28)(H,23,24). The number of hydrogen-bond acceptors (Lipinski definition) is 5. The molecule has 2 aromatic heterocycles. The van der Waals surface area contributed by atoms with Gasteiger partial charge in [-0.1, -0.05) is 24.6 Å². The number of carbonyl (C=O) groups is 1. The van der Waals surface area contributed by atoms with Crippen molar-refractivity contribution in [2.45, 2.75) is 19.9 Å². The highest BCUT2D eigenvalue weighted by atomic mass is 35.5. The van der Waals surface area contributed by atoms with E-state index >= 15 is 0 Å². The minimum atomic E-state index is -0.555. The Morgan fingerprint density at radius 2 is 1.93 bits per heavy atom. The van der Waals surface area contributed by atoms with Crippen molar-refractivity contribution < 1.29 is 9.18 Å². The van der Waals surface area contributed by atoms with Crippen LogP contribution in [0.5, 0.6) is 0 Å². The summed E-state index contributed by atoms with van der Waals surface area (Å²) in [5.41, 5.74) is -0.588. The molecule has 160 valence electrons. The molecule has 0 aliphatic carbocycles. The van der Waals surface area contributed by atoms with Gasteiger partial charge in [0, 0.05) is 44.2 Å². The molecule has 0 unspecified atom stereocenters. The number of nitrogens with one attached hydrogen (secondary N) is 2. The molecule has 0 spiro atoms. The summed E-state index contributed by atoms with van der Waals surface area (Å²) in [6.07, 6.45) is 0.364. The highest BCUT2D eigenvalue weighted by Crippen LogP contribution is 2.24. The maximum absolute atomic E-state index is 14.4. The number of carbonyl (C=O) groups excluding carboxylic acids is 1. The van der Waals surface area contributed by atoms with Gasteiger partial charge in [0.25, 0.3) is 5.56 Å². The zero-order valence-corrected chi connectivity index (χ0v) is 17.6. The number of aromatic nitrogens is 4. The summed E-state index contributed by atoms with van der Waals surface area (Å²) in [6.45, 7) is 2.32. The van der Waals surface area contributed by atoms with E-state index in [-0.39, 0.29) is 40.2 Å². The van der Waals surface area contributed by atoms with Crippen LogP contribution in [0, 0.1) is 5.82 Å². The molecule has 0 radical (unpaired) electrons. The predicted octanol–water partition coefficient (Wildman–Crippen LogP) is 1.21. The number of imidazole rings is 1. The molecule has 2 N–H and O–H groups in total. The monoisotopic (exact) mass is 436 g/mol. The third-order valence-corrected chi connectivity index (χ3v) is 5.13. The molecule has 11 heteroatoms. The summed E-state index contributed by atoms with van der Waals surface area (Å²) in [6, 6.07) is 4.33. The average Bonchev–Trinajstić information content (AvgIpc) is 3.09. The Bertz CT molecular complexity index is 1210. The Hall–Kier alpha value is -3.14. The van der Waals surface area contributed by atoms with Crippen molar-refractivity contribution in [1.29, 1.82) is 0 Å². The lowest BCUT2D eigenvalue weighted by Gasteiger charge is -2.13. The summed E-state index contributed by atoms with van der Waals surface area (Å²) in [5.74, 6) is -0.361. The van der Waals surface area contributed by atoms with Gasteiger partial charge in [0.1, 0.15) is 5.82 Å². The largest absolute Gasteiger partial charge is 0.354 e. The van der Waals surface area contributed by atoms with Gasteiger partial charge in [0.15, 0.2) is 11.2 Å². The fraction of sp³-hybridized carbons (Fsp3) is 0.368. The van der Waals surface area contributed by atoms with Crippen LogP contribution >= 0.6 is 11.6 Å². The Labute approximate surface area is 176 Å². The van der Waals surface area contributed by atoms with E-state index in [0.29, 0.717) is 19.5 Å². The fourth-order valence-electron chi connectivity index (χ4n) is 3.08. The number of anilines is 1. The molecule has 1 aromatic carbocycles. The zero-order chi connectivity index (χ0) is 22.0. The molecule has 0 atom stereocenters. The smallest absolute Gasteiger partial charge is 0.332 e. The molecule has 3 aromatic rings. The van der Waals surface area contributed by atoms with Crippen molar-refractivity contribution >= 4 is 34.6 Å². The van der Waals surface area contributed by atoms with Crippen LogP contribution in [-0.2, 0) is 25.4 Å². The van der Waals surface area contributed by atoms with Crippen molar-refractivity contribution in [3.63, 3.8) is 0 Å². The van der Waals surface area contributed by atoms with E-state index in [0.717, 1.165) is 4.57 Å². The second-order valence-electron chi connectivity index (χ2n) is 6.73. The summed E-state index contributed by atoms with van der Waals surface area (Å²) >= 11 is 6.17. The summed E-state index contributed by atoms with van der Waals surface area (Å²) < 4.78 is 18.1. The first-order valence-corrected chi connectivity index (χ1v) is 9.73. The number of aryl methyl sites for hydroxylation is 1. The Morgan fingerprint density at radius 3 is 2.60 bits per heavy atom. The molecule has 3 rings (SSSR count). The number of amides is 1. The highest BCUT2D eigenvalue weighted by Gasteiger charge is 2.21. The summed E-state index contributed by atoms with van der Waals surface area (Å²) in [7, 11) is 2.87. The number of benzene rings is 1. The topological polar surface area (TPSA) is 103 Å². The van der Waals surface area contributed by atoms with Gasteiger partial charge in [-0.05, 0) is 12.1 Å². The van der Waals surface area contributed by atoms with Crippen LogP contribution in [0.15, 0.2) is 27.8 Å². The maximum Gasteiger partial charge on any atom is 0.332 e. The molecule has 0 saturated heterocycles. The molecular formula is C19H22ClFN6O3. The van der Waals surface area contributed by atoms with E-state index < -0.39 is 17.1 Å². The number of hydrogen-bond donors (Lipinski definition) is 2. The van der Waals surface area contributed by atoms with Crippen molar-refractivity contribution in [3.05, 3.63) is 55.4 Å². The van der Waals surface area contributed by atoms with Gasteiger partial charge >= 0.3 is 5.69 Å². The highest BCUT2D eigenvalue weighted by molar-refractivity contribution is 6.31. The normalized spacial score (nSPS) is 11.1. The SMILES string of the molecule is CCC(=O)NCCNc1nc2c(c(=O)n(C)c(=O)n2C)n1Cc1c(F)cccc1Cl. The molecule has 0 aliphatic rings. The molecule has 30 heavy (non-hydrogen) atoms. The summed E-state index contributed by atoms with van der Waals surface area (Å²) in [5, 5.41) is 5.97. The minimum absolute atomic E-state index is 0.0703.